The van der Waals surface area contributed by atoms with Gasteiger partial charge >= 0.3 is 0 Å². The van der Waals surface area contributed by atoms with Gasteiger partial charge in [0.2, 0.25) is 5.65 Å². The molecule has 21 heavy (non-hydrogen) atoms. The summed E-state index contributed by atoms with van der Waals surface area (Å²) in [5.74, 6) is 1.26. The minimum atomic E-state index is 0.442. The average molecular weight is 280 g/mol. The molecule has 5 heteroatoms. The van der Waals surface area contributed by atoms with E-state index in [4.69, 9.17) is 4.74 Å². The molecule has 0 aliphatic rings. The molecule has 0 aliphatic heterocycles. The van der Waals surface area contributed by atoms with E-state index >= 15 is 0 Å². The maximum absolute atomic E-state index is 5.72. The highest BCUT2D eigenvalue weighted by Crippen LogP contribution is 2.18. The summed E-state index contributed by atoms with van der Waals surface area (Å²) in [6, 6.07) is 10.1. The van der Waals surface area contributed by atoms with Crippen molar-refractivity contribution in [1.29, 1.82) is 0 Å². The van der Waals surface area contributed by atoms with Gasteiger partial charge in [-0.05, 0) is 11.6 Å². The van der Waals surface area contributed by atoms with Gasteiger partial charge < -0.3 is 10.1 Å². The van der Waals surface area contributed by atoms with Crippen LogP contribution in [0.3, 0.4) is 0 Å². The summed E-state index contributed by atoms with van der Waals surface area (Å²) in [7, 11) is 1.82. The Labute approximate surface area is 122 Å². The molecular weight excluding hydrogens is 264 g/mol. The van der Waals surface area contributed by atoms with Gasteiger partial charge in [-0.2, -0.15) is 4.98 Å². The summed E-state index contributed by atoms with van der Waals surface area (Å²) >= 11 is 0. The predicted octanol–water partition coefficient (Wildman–Crippen LogP) is 2.86. The Hall–Kier alpha value is -2.82. The number of hydrogen-bond donors (Lipinski definition) is 1. The molecule has 0 unspecified atom stereocenters. The molecule has 0 saturated carbocycles. The fraction of sp³-hybridized carbons (Fsp3) is 0.125. The van der Waals surface area contributed by atoms with Crippen LogP contribution in [0.1, 0.15) is 5.56 Å². The molecule has 0 spiro atoms. The Morgan fingerprint density at radius 3 is 2.95 bits per heavy atom. The van der Waals surface area contributed by atoms with Gasteiger partial charge in [0.15, 0.2) is 0 Å². The quantitative estimate of drug-likeness (QED) is 0.780. The van der Waals surface area contributed by atoms with E-state index in [9.17, 15) is 0 Å². The standard InChI is InChI=1S/C16H16N4O/c1-17-14-12-20-10-9-18-15(20)16(19-14)21-11-5-8-13-6-3-2-4-7-13/h2-10,12,17H,11H2,1H3/b8-5+. The average Bonchev–Trinajstić information content (AvgIpc) is 3.00. The second kappa shape index (κ2) is 6.09. The first kappa shape index (κ1) is 13.2. The van der Waals surface area contributed by atoms with Crippen molar-refractivity contribution in [3.05, 3.63) is 60.6 Å². The lowest BCUT2D eigenvalue weighted by atomic mass is 10.2. The smallest absolute Gasteiger partial charge is 0.260 e. The molecule has 2 aromatic heterocycles. The highest BCUT2D eigenvalue weighted by molar-refractivity contribution is 5.54. The van der Waals surface area contributed by atoms with E-state index in [1.807, 2.05) is 66.3 Å². The summed E-state index contributed by atoms with van der Waals surface area (Å²) in [4.78, 5) is 8.64. The lowest BCUT2D eigenvalue weighted by molar-refractivity contribution is 0.352. The van der Waals surface area contributed by atoms with Crippen LogP contribution in [0, 0.1) is 0 Å². The molecule has 3 rings (SSSR count). The number of ether oxygens (including phenoxy) is 1. The summed E-state index contributed by atoms with van der Waals surface area (Å²) in [6.45, 7) is 0.442. The van der Waals surface area contributed by atoms with Crippen LogP contribution in [0.25, 0.3) is 11.7 Å². The maximum Gasteiger partial charge on any atom is 0.260 e. The van der Waals surface area contributed by atoms with Gasteiger partial charge in [-0.3, -0.25) is 4.40 Å². The zero-order valence-electron chi connectivity index (χ0n) is 11.7. The second-order valence-electron chi connectivity index (χ2n) is 4.46. The summed E-state index contributed by atoms with van der Waals surface area (Å²) < 4.78 is 7.60. The second-order valence-corrected chi connectivity index (χ2v) is 4.46. The van der Waals surface area contributed by atoms with Crippen molar-refractivity contribution in [2.24, 2.45) is 0 Å². The van der Waals surface area contributed by atoms with Crippen molar-refractivity contribution >= 4 is 17.5 Å². The number of imidazole rings is 1. The number of anilines is 1. The molecule has 0 atom stereocenters. The Morgan fingerprint density at radius 1 is 1.29 bits per heavy atom. The van der Waals surface area contributed by atoms with Crippen LogP contribution in [0.5, 0.6) is 5.88 Å². The topological polar surface area (TPSA) is 51.5 Å². The van der Waals surface area contributed by atoms with Gasteiger partial charge in [-0.25, -0.2) is 4.98 Å². The zero-order valence-corrected chi connectivity index (χ0v) is 11.7. The Bertz CT molecular complexity index is 749. The zero-order chi connectivity index (χ0) is 14.5. The van der Waals surface area contributed by atoms with Crippen LogP contribution in [0.15, 0.2) is 55.0 Å². The largest absolute Gasteiger partial charge is 0.471 e. The first-order valence-electron chi connectivity index (χ1n) is 6.72. The number of fused-ring (bicyclic) bond motifs is 1. The van der Waals surface area contributed by atoms with Crippen molar-refractivity contribution in [1.82, 2.24) is 14.4 Å². The third kappa shape index (κ3) is 3.02. The van der Waals surface area contributed by atoms with Crippen LogP contribution < -0.4 is 10.1 Å². The molecule has 106 valence electrons. The van der Waals surface area contributed by atoms with E-state index in [-0.39, 0.29) is 0 Å². The third-order valence-corrected chi connectivity index (χ3v) is 3.03. The molecule has 0 amide bonds. The van der Waals surface area contributed by atoms with E-state index in [0.717, 1.165) is 11.4 Å². The SMILES string of the molecule is CNc1cn2ccnc2c(OC/C=C/c2ccccc2)n1. The Morgan fingerprint density at radius 2 is 2.14 bits per heavy atom. The van der Waals surface area contributed by atoms with E-state index < -0.39 is 0 Å². The molecule has 1 aromatic carbocycles. The molecule has 0 bridgehead atoms. The van der Waals surface area contributed by atoms with Crippen molar-refractivity contribution in [3.8, 4) is 5.88 Å². The number of hydrogen-bond acceptors (Lipinski definition) is 4. The summed E-state index contributed by atoms with van der Waals surface area (Å²) in [6.07, 6.45) is 9.44. The Balaban J connectivity index is 1.73. The van der Waals surface area contributed by atoms with Crippen LogP contribution in [-0.2, 0) is 0 Å². The van der Waals surface area contributed by atoms with Crippen LogP contribution >= 0.6 is 0 Å². The minimum absolute atomic E-state index is 0.442. The van der Waals surface area contributed by atoms with Crippen LogP contribution in [0.4, 0.5) is 5.82 Å². The fourth-order valence-electron chi connectivity index (χ4n) is 2.00. The molecule has 0 radical (unpaired) electrons. The normalized spacial score (nSPS) is 11.1. The maximum atomic E-state index is 5.72. The van der Waals surface area contributed by atoms with Crippen molar-refractivity contribution in [3.63, 3.8) is 0 Å². The number of nitrogens with one attached hydrogen (secondary N) is 1. The molecule has 0 fully saturated rings. The van der Waals surface area contributed by atoms with Gasteiger partial charge in [0.05, 0.1) is 6.20 Å². The molecule has 0 aliphatic carbocycles. The summed E-state index contributed by atoms with van der Waals surface area (Å²) in [5.41, 5.74) is 1.85. The van der Waals surface area contributed by atoms with E-state index in [0.29, 0.717) is 18.1 Å². The lowest BCUT2D eigenvalue weighted by Gasteiger charge is -2.07. The van der Waals surface area contributed by atoms with Gasteiger partial charge in [0, 0.05) is 19.4 Å². The fourth-order valence-corrected chi connectivity index (χ4v) is 2.00. The summed E-state index contributed by atoms with van der Waals surface area (Å²) in [5, 5.41) is 3.01. The van der Waals surface area contributed by atoms with Crippen molar-refractivity contribution < 1.29 is 4.74 Å². The van der Waals surface area contributed by atoms with Gasteiger partial charge in [-0.1, -0.05) is 36.4 Å². The molecule has 5 nitrogen and oxygen atoms in total. The van der Waals surface area contributed by atoms with Crippen molar-refractivity contribution in [2.45, 2.75) is 0 Å². The monoisotopic (exact) mass is 280 g/mol. The predicted molar refractivity (Wildman–Crippen MR) is 83.5 cm³/mol. The minimum Gasteiger partial charge on any atom is -0.471 e. The van der Waals surface area contributed by atoms with Crippen LogP contribution in [0.2, 0.25) is 0 Å². The molecular formula is C16H16N4O. The van der Waals surface area contributed by atoms with Crippen molar-refractivity contribution in [2.75, 3.05) is 19.0 Å². The first-order valence-corrected chi connectivity index (χ1v) is 6.72. The third-order valence-electron chi connectivity index (χ3n) is 3.03. The van der Waals surface area contributed by atoms with Gasteiger partial charge in [-0.15, -0.1) is 0 Å². The highest BCUT2D eigenvalue weighted by Gasteiger charge is 2.07. The van der Waals surface area contributed by atoms with E-state index in [1.54, 1.807) is 6.20 Å². The van der Waals surface area contributed by atoms with Crippen LogP contribution in [-0.4, -0.2) is 28.0 Å². The number of benzene rings is 1. The molecule has 0 saturated heterocycles. The lowest BCUT2D eigenvalue weighted by Crippen LogP contribution is -2.02. The number of aromatic nitrogens is 3. The van der Waals surface area contributed by atoms with E-state index in [1.165, 1.54) is 0 Å². The molecule has 2 heterocycles. The van der Waals surface area contributed by atoms with Gasteiger partial charge in [0.25, 0.3) is 5.88 Å². The molecule has 1 N–H and O–H groups in total. The highest BCUT2D eigenvalue weighted by atomic mass is 16.5. The molecule has 3 aromatic rings. The first-order chi connectivity index (χ1) is 10.4. The Kier molecular flexibility index (Phi) is 3.82. The number of rotatable bonds is 5. The number of nitrogens with zero attached hydrogens (tertiary/aromatic N) is 3. The van der Waals surface area contributed by atoms with Gasteiger partial charge in [0.1, 0.15) is 12.4 Å². The van der Waals surface area contributed by atoms with E-state index in [2.05, 4.69) is 15.3 Å².